The highest BCUT2D eigenvalue weighted by Gasteiger charge is 2.34. The van der Waals surface area contributed by atoms with Gasteiger partial charge in [-0.1, -0.05) is 30.3 Å². The molecule has 36 heavy (non-hydrogen) atoms. The van der Waals surface area contributed by atoms with Crippen LogP contribution in [0.5, 0.6) is 5.75 Å². The van der Waals surface area contributed by atoms with E-state index in [0.717, 1.165) is 46.5 Å². The highest BCUT2D eigenvalue weighted by atomic mass is 16.5. The first-order valence-electron chi connectivity index (χ1n) is 11.4. The number of carboxylic acids is 1. The topological polar surface area (TPSA) is 109 Å². The molecule has 0 atom stereocenters. The van der Waals surface area contributed by atoms with E-state index < -0.39 is 5.97 Å². The molecule has 0 aliphatic carbocycles. The molecule has 1 aliphatic rings. The molecule has 2 N–H and O–H groups in total. The Balaban J connectivity index is 0.000000709. The Bertz CT molecular complexity index is 1430. The number of aliphatic carboxylic acids is 1. The summed E-state index contributed by atoms with van der Waals surface area (Å²) in [4.78, 5) is 13.8. The van der Waals surface area contributed by atoms with Crippen molar-refractivity contribution in [2.75, 3.05) is 12.8 Å². The van der Waals surface area contributed by atoms with Crippen LogP contribution in [0.4, 0.5) is 11.5 Å². The van der Waals surface area contributed by atoms with Gasteiger partial charge >= 0.3 is 0 Å². The normalized spacial score (nSPS) is 13.2. The number of pyridine rings is 1. The maximum absolute atomic E-state index is 8.89. The van der Waals surface area contributed by atoms with Crippen LogP contribution in [0.15, 0.2) is 95.8 Å². The number of nitrogens with two attached hydrogens (primary N) is 1. The van der Waals surface area contributed by atoms with Crippen LogP contribution in [0, 0.1) is 0 Å². The second-order valence-corrected chi connectivity index (χ2v) is 8.17. The molecule has 0 saturated heterocycles. The number of fused-ring (bicyclic) bond motifs is 1. The van der Waals surface area contributed by atoms with Gasteiger partial charge < -0.3 is 20.4 Å². The van der Waals surface area contributed by atoms with Crippen molar-refractivity contribution in [3.63, 3.8) is 0 Å². The first-order chi connectivity index (χ1) is 17.4. The first-order valence-corrected chi connectivity index (χ1v) is 11.4. The summed E-state index contributed by atoms with van der Waals surface area (Å²) in [6, 6.07) is 24.3. The molecule has 0 unspecified atom stereocenters. The lowest BCUT2D eigenvalue weighted by atomic mass is 10.1. The molecule has 4 aromatic rings. The number of methoxy groups -OCH3 is 1. The maximum atomic E-state index is 8.89. The van der Waals surface area contributed by atoms with Crippen LogP contribution in [0.3, 0.4) is 0 Å². The molecule has 8 heteroatoms. The zero-order chi connectivity index (χ0) is 25.7. The third-order valence-electron chi connectivity index (χ3n) is 5.68. The number of benzene rings is 2. The summed E-state index contributed by atoms with van der Waals surface area (Å²) in [6.07, 6.45) is 3.79. The highest BCUT2D eigenvalue weighted by molar-refractivity contribution is 6.17. The van der Waals surface area contributed by atoms with Gasteiger partial charge in [0.05, 0.1) is 25.4 Å². The lowest BCUT2D eigenvalue weighted by Crippen LogP contribution is -2.34. The summed E-state index contributed by atoms with van der Waals surface area (Å²) < 4.78 is 9.27. The standard InChI is InChI=1S/C26H23N5O.C2H4O2/c1-18-24(29-22-16-28-31(26(22)27)17-19-8-4-3-5-9-19)23-10-6-7-15-30(23)25(18)20-11-13-21(32-2)14-12-20;1-2(3)4/h3-16,27H,17H2,1-2H3;1H3,(H,3,4). The molecule has 0 amide bonds. The number of ether oxygens (including phenoxy) is 1. The molecule has 1 aliphatic heterocycles. The zero-order valence-electron chi connectivity index (χ0n) is 20.4. The monoisotopic (exact) mass is 481 g/mol. The molecule has 182 valence electrons. The molecule has 0 radical (unpaired) electrons. The van der Waals surface area contributed by atoms with Gasteiger partial charge in [-0.3, -0.25) is 0 Å². The SMILES string of the molecule is CC(=O)[O-].COc1ccc(C2=C(C)C(=Nc3cnn(Cc4ccccc4)c3N)c3cccc[n+]32)cc1. The third-order valence-corrected chi connectivity index (χ3v) is 5.68. The largest absolute Gasteiger partial charge is 0.550 e. The van der Waals surface area contributed by atoms with Crippen molar-refractivity contribution < 1.29 is 19.2 Å². The number of carbonyl (C=O) groups is 1. The van der Waals surface area contributed by atoms with E-state index in [2.05, 4.69) is 53.1 Å². The minimum atomic E-state index is -1.08. The number of hydrogen-bond donors (Lipinski definition) is 1. The van der Waals surface area contributed by atoms with Gasteiger partial charge in [0.2, 0.25) is 11.4 Å². The van der Waals surface area contributed by atoms with Gasteiger partial charge in [0, 0.05) is 23.7 Å². The summed E-state index contributed by atoms with van der Waals surface area (Å²) in [7, 11) is 1.67. The Hall–Kier alpha value is -4.72. The third kappa shape index (κ3) is 5.17. The average molecular weight is 482 g/mol. The lowest BCUT2D eigenvalue weighted by molar-refractivity contribution is -0.577. The van der Waals surface area contributed by atoms with Crippen LogP contribution < -0.4 is 20.1 Å². The van der Waals surface area contributed by atoms with E-state index in [4.69, 9.17) is 25.4 Å². The number of hydrogen-bond acceptors (Lipinski definition) is 6. The minimum absolute atomic E-state index is 0.550. The van der Waals surface area contributed by atoms with Gasteiger partial charge in [-0.15, -0.1) is 0 Å². The smallest absolute Gasteiger partial charge is 0.237 e. The highest BCUT2D eigenvalue weighted by Crippen LogP contribution is 2.30. The number of aromatic nitrogens is 3. The van der Waals surface area contributed by atoms with Crippen LogP contribution in [0.25, 0.3) is 5.70 Å². The number of allylic oxidation sites excluding steroid dienone is 1. The van der Waals surface area contributed by atoms with E-state index in [1.165, 1.54) is 0 Å². The van der Waals surface area contributed by atoms with Crippen molar-refractivity contribution in [2.45, 2.75) is 20.4 Å². The fourth-order valence-electron chi connectivity index (χ4n) is 4.04. The zero-order valence-corrected chi connectivity index (χ0v) is 20.4. The quantitative estimate of drug-likeness (QED) is 0.441. The molecule has 2 aromatic heterocycles. The van der Waals surface area contributed by atoms with E-state index >= 15 is 0 Å². The Labute approximate surface area is 209 Å². The van der Waals surface area contributed by atoms with Crippen LogP contribution in [-0.4, -0.2) is 28.6 Å². The van der Waals surface area contributed by atoms with Gasteiger partial charge in [-0.25, -0.2) is 9.67 Å². The van der Waals surface area contributed by atoms with Crippen molar-refractivity contribution in [3.8, 4) is 5.75 Å². The Kier molecular flexibility index (Phi) is 7.25. The van der Waals surface area contributed by atoms with Gasteiger partial charge in [-0.05, 0) is 49.7 Å². The van der Waals surface area contributed by atoms with Crippen LogP contribution >= 0.6 is 0 Å². The average Bonchev–Trinajstić information content (AvgIpc) is 3.36. The van der Waals surface area contributed by atoms with Crippen molar-refractivity contribution in [1.82, 2.24) is 9.78 Å². The van der Waals surface area contributed by atoms with Gasteiger partial charge in [-0.2, -0.15) is 9.67 Å². The molecular weight excluding hydrogens is 454 g/mol. The number of anilines is 1. The predicted octanol–water partition coefficient (Wildman–Crippen LogP) is 2.98. The predicted molar refractivity (Wildman–Crippen MR) is 137 cm³/mol. The molecule has 2 aromatic carbocycles. The van der Waals surface area contributed by atoms with E-state index in [9.17, 15) is 0 Å². The Morgan fingerprint density at radius 1 is 1.08 bits per heavy atom. The van der Waals surface area contributed by atoms with E-state index in [1.54, 1.807) is 18.0 Å². The van der Waals surface area contributed by atoms with Gasteiger partial charge in [0.15, 0.2) is 6.20 Å². The molecule has 0 spiro atoms. The first kappa shape index (κ1) is 24.4. The fourth-order valence-corrected chi connectivity index (χ4v) is 4.04. The molecule has 3 heterocycles. The van der Waals surface area contributed by atoms with Crippen LogP contribution in [-0.2, 0) is 11.3 Å². The fraction of sp³-hybridized carbons (Fsp3) is 0.143. The number of nitrogens with zero attached hydrogens (tertiary/aromatic N) is 4. The number of aliphatic imine (C=N–C) groups is 1. The van der Waals surface area contributed by atoms with Gasteiger partial charge in [0.1, 0.15) is 23.0 Å². The number of carboxylic acid groups (broad SMARTS) is 1. The summed E-state index contributed by atoms with van der Waals surface area (Å²) >= 11 is 0. The molecule has 0 fully saturated rings. The number of nitrogen functional groups attached to an aromatic ring is 1. The number of carbonyl (C=O) groups excluding carboxylic acids is 1. The van der Waals surface area contributed by atoms with E-state index in [0.29, 0.717) is 18.1 Å². The van der Waals surface area contributed by atoms with Gasteiger partial charge in [0.25, 0.3) is 0 Å². The summed E-state index contributed by atoms with van der Waals surface area (Å²) in [6.45, 7) is 3.67. The second-order valence-electron chi connectivity index (χ2n) is 8.17. The summed E-state index contributed by atoms with van der Waals surface area (Å²) in [5.74, 6) is 0.297. The minimum Gasteiger partial charge on any atom is -0.550 e. The summed E-state index contributed by atoms with van der Waals surface area (Å²) in [5, 5.41) is 13.4. The van der Waals surface area contributed by atoms with Crippen molar-refractivity contribution >= 4 is 28.9 Å². The molecule has 8 nitrogen and oxygen atoms in total. The lowest BCUT2D eigenvalue weighted by Gasteiger charge is -2.04. The van der Waals surface area contributed by atoms with Crippen LogP contribution in [0.2, 0.25) is 0 Å². The van der Waals surface area contributed by atoms with Crippen molar-refractivity contribution in [3.05, 3.63) is 108 Å². The molecule has 0 saturated carbocycles. The number of rotatable bonds is 5. The maximum Gasteiger partial charge on any atom is 0.237 e. The van der Waals surface area contributed by atoms with Crippen LogP contribution in [0.1, 0.15) is 30.7 Å². The molecule has 0 bridgehead atoms. The van der Waals surface area contributed by atoms with Crippen molar-refractivity contribution in [2.24, 2.45) is 4.99 Å². The molecule has 5 rings (SSSR count). The molecular formula is C28H27N5O3. The Morgan fingerprint density at radius 2 is 1.75 bits per heavy atom. The van der Waals surface area contributed by atoms with Crippen molar-refractivity contribution in [1.29, 1.82) is 0 Å². The second kappa shape index (κ2) is 10.7. The Morgan fingerprint density at radius 3 is 2.42 bits per heavy atom. The van der Waals surface area contributed by atoms with E-state index in [-0.39, 0.29) is 0 Å². The van der Waals surface area contributed by atoms with E-state index in [1.807, 2.05) is 42.5 Å². The summed E-state index contributed by atoms with van der Waals surface area (Å²) in [5.41, 5.74) is 13.4.